The minimum atomic E-state index is -0.695. The van der Waals surface area contributed by atoms with Gasteiger partial charge in [0, 0.05) is 16.6 Å². The lowest BCUT2D eigenvalue weighted by molar-refractivity contribution is 0.0714. The lowest BCUT2D eigenvalue weighted by Gasteiger charge is -2.25. The number of hydrogen-bond donors (Lipinski definition) is 1. The minimum absolute atomic E-state index is 0.00458. The zero-order chi connectivity index (χ0) is 21.7. The lowest BCUT2D eigenvalue weighted by Crippen LogP contribution is -2.29. The highest BCUT2D eigenvalue weighted by molar-refractivity contribution is 6.31. The lowest BCUT2D eigenvalue weighted by atomic mass is 9.98. The molecule has 1 amide bonds. The quantitative estimate of drug-likeness (QED) is 0.443. The molecule has 1 atom stereocenters. The van der Waals surface area contributed by atoms with Crippen LogP contribution in [0.3, 0.4) is 0 Å². The largest absolute Gasteiger partial charge is 0.508 e. The molecule has 0 bridgehead atoms. The maximum atomic E-state index is 13.5. The van der Waals surface area contributed by atoms with Crippen LogP contribution in [0.25, 0.3) is 11.0 Å². The summed E-state index contributed by atoms with van der Waals surface area (Å²) in [5.41, 5.74) is 1.65. The molecule has 5 nitrogen and oxygen atoms in total. The summed E-state index contributed by atoms with van der Waals surface area (Å²) in [7, 11) is 0. The SMILES string of the molecule is O=C1c2oc3ccc(Cl)cc3c(=O)c2C(c2ccc(O)cc2)N1Cc1ccccc1Cl. The zero-order valence-electron chi connectivity index (χ0n) is 16.0. The van der Waals surface area contributed by atoms with Crippen molar-refractivity contribution < 1.29 is 14.3 Å². The van der Waals surface area contributed by atoms with Crippen molar-refractivity contribution in [1.82, 2.24) is 4.90 Å². The van der Waals surface area contributed by atoms with Gasteiger partial charge in [0.15, 0.2) is 5.43 Å². The van der Waals surface area contributed by atoms with Crippen molar-refractivity contribution in [3.05, 3.63) is 109 Å². The smallest absolute Gasteiger partial charge is 0.291 e. The fourth-order valence-electron chi connectivity index (χ4n) is 3.97. The topological polar surface area (TPSA) is 70.8 Å². The zero-order valence-corrected chi connectivity index (χ0v) is 17.5. The summed E-state index contributed by atoms with van der Waals surface area (Å²) < 4.78 is 5.89. The Bertz CT molecular complexity index is 1400. The van der Waals surface area contributed by atoms with Gasteiger partial charge in [0.25, 0.3) is 5.91 Å². The molecular formula is C24H15Cl2NO4. The molecule has 0 fully saturated rings. The molecule has 3 aromatic carbocycles. The molecule has 0 saturated heterocycles. The first-order valence-corrected chi connectivity index (χ1v) is 10.3. The highest BCUT2D eigenvalue weighted by Crippen LogP contribution is 2.40. The fraction of sp³-hybridized carbons (Fsp3) is 0.0833. The van der Waals surface area contributed by atoms with Crippen molar-refractivity contribution >= 4 is 40.1 Å². The van der Waals surface area contributed by atoms with Gasteiger partial charge in [0.1, 0.15) is 11.3 Å². The number of benzene rings is 3. The second kappa shape index (κ2) is 7.45. The third kappa shape index (κ3) is 3.26. The van der Waals surface area contributed by atoms with Gasteiger partial charge in [0.05, 0.1) is 17.0 Å². The van der Waals surface area contributed by atoms with E-state index in [1.807, 2.05) is 18.2 Å². The first-order chi connectivity index (χ1) is 14.9. The number of hydrogen-bond acceptors (Lipinski definition) is 4. The number of aromatic hydroxyl groups is 1. The van der Waals surface area contributed by atoms with E-state index >= 15 is 0 Å². The highest BCUT2D eigenvalue weighted by atomic mass is 35.5. The predicted octanol–water partition coefficient (Wildman–Crippen LogP) is 5.55. The Hall–Kier alpha value is -3.28. The van der Waals surface area contributed by atoms with Gasteiger partial charge in [0.2, 0.25) is 5.76 Å². The summed E-state index contributed by atoms with van der Waals surface area (Å²) in [6.45, 7) is 0.185. The monoisotopic (exact) mass is 451 g/mol. The molecule has 5 rings (SSSR count). The van der Waals surface area contributed by atoms with Gasteiger partial charge in [-0.25, -0.2) is 0 Å². The molecule has 1 N–H and O–H groups in total. The number of nitrogens with zero attached hydrogens (tertiary/aromatic N) is 1. The summed E-state index contributed by atoms with van der Waals surface area (Å²) in [5.74, 6) is -0.310. The summed E-state index contributed by atoms with van der Waals surface area (Å²) in [4.78, 5) is 28.4. The van der Waals surface area contributed by atoms with Crippen molar-refractivity contribution in [1.29, 1.82) is 0 Å². The number of carbonyl (C=O) groups excluding carboxylic acids is 1. The predicted molar refractivity (Wildman–Crippen MR) is 119 cm³/mol. The van der Waals surface area contributed by atoms with Crippen LogP contribution >= 0.6 is 23.2 Å². The average molecular weight is 452 g/mol. The maximum Gasteiger partial charge on any atom is 0.291 e. The Balaban J connectivity index is 1.74. The van der Waals surface area contributed by atoms with Gasteiger partial charge in [-0.05, 0) is 47.5 Å². The van der Waals surface area contributed by atoms with Crippen LogP contribution in [-0.2, 0) is 6.54 Å². The van der Waals surface area contributed by atoms with Gasteiger partial charge < -0.3 is 14.4 Å². The Kier molecular flexibility index (Phi) is 4.73. The summed E-state index contributed by atoms with van der Waals surface area (Å²) in [6.07, 6.45) is 0. The summed E-state index contributed by atoms with van der Waals surface area (Å²) in [5, 5.41) is 10.9. The van der Waals surface area contributed by atoms with Crippen molar-refractivity contribution in [3.8, 4) is 5.75 Å². The molecule has 1 aromatic heterocycles. The molecule has 0 spiro atoms. The Morgan fingerprint density at radius 2 is 1.71 bits per heavy atom. The van der Waals surface area contributed by atoms with Crippen LogP contribution in [0, 0.1) is 0 Å². The highest BCUT2D eigenvalue weighted by Gasteiger charge is 2.42. The molecule has 0 saturated carbocycles. The molecule has 1 aliphatic heterocycles. The minimum Gasteiger partial charge on any atom is -0.508 e. The van der Waals surface area contributed by atoms with E-state index in [0.717, 1.165) is 5.56 Å². The molecule has 4 aromatic rings. The Labute approximate surface area is 187 Å². The number of fused-ring (bicyclic) bond motifs is 2. The Morgan fingerprint density at radius 3 is 2.45 bits per heavy atom. The molecule has 154 valence electrons. The molecule has 0 radical (unpaired) electrons. The van der Waals surface area contributed by atoms with Gasteiger partial charge in [-0.3, -0.25) is 9.59 Å². The number of phenolic OH excluding ortho intramolecular Hbond substituents is 1. The van der Waals surface area contributed by atoms with Gasteiger partial charge >= 0.3 is 0 Å². The third-order valence-electron chi connectivity index (χ3n) is 5.44. The molecular weight excluding hydrogens is 437 g/mol. The van der Waals surface area contributed by atoms with Crippen LogP contribution in [0.5, 0.6) is 5.75 Å². The second-order valence-corrected chi connectivity index (χ2v) is 8.18. The third-order valence-corrected chi connectivity index (χ3v) is 6.04. The standard InChI is InChI=1S/C24H15Cl2NO4/c25-15-7-10-19-17(11-15)22(29)20-21(13-5-8-16(28)9-6-13)27(24(30)23(20)31-19)12-14-3-1-2-4-18(14)26/h1-11,21,28H,12H2. The number of carbonyl (C=O) groups is 1. The van der Waals surface area contributed by atoms with Crippen LogP contribution in [0.4, 0.5) is 0 Å². The molecule has 31 heavy (non-hydrogen) atoms. The molecule has 1 aliphatic rings. The van der Waals surface area contributed by atoms with E-state index in [1.54, 1.807) is 35.2 Å². The Morgan fingerprint density at radius 1 is 0.968 bits per heavy atom. The van der Waals surface area contributed by atoms with Gasteiger partial charge in [-0.1, -0.05) is 53.5 Å². The van der Waals surface area contributed by atoms with Crippen LogP contribution in [-0.4, -0.2) is 15.9 Å². The van der Waals surface area contributed by atoms with E-state index in [1.165, 1.54) is 18.2 Å². The number of phenols is 1. The molecule has 1 unspecified atom stereocenters. The van der Waals surface area contributed by atoms with Crippen molar-refractivity contribution in [3.63, 3.8) is 0 Å². The molecule has 7 heteroatoms. The van der Waals surface area contributed by atoms with Crippen LogP contribution in [0.15, 0.2) is 75.9 Å². The first kappa shape index (κ1) is 19.7. The van der Waals surface area contributed by atoms with E-state index < -0.39 is 11.9 Å². The average Bonchev–Trinajstić information content (AvgIpc) is 3.03. The van der Waals surface area contributed by atoms with E-state index in [0.29, 0.717) is 26.6 Å². The van der Waals surface area contributed by atoms with Gasteiger partial charge in [-0.2, -0.15) is 0 Å². The fourth-order valence-corrected chi connectivity index (χ4v) is 4.34. The van der Waals surface area contributed by atoms with Crippen molar-refractivity contribution in [2.75, 3.05) is 0 Å². The molecule has 2 heterocycles. The normalized spacial score (nSPS) is 15.5. The van der Waals surface area contributed by atoms with Crippen LogP contribution < -0.4 is 5.43 Å². The van der Waals surface area contributed by atoms with E-state index in [-0.39, 0.29) is 29.0 Å². The van der Waals surface area contributed by atoms with Crippen LogP contribution in [0.2, 0.25) is 10.0 Å². The van der Waals surface area contributed by atoms with E-state index in [9.17, 15) is 14.7 Å². The summed E-state index contributed by atoms with van der Waals surface area (Å²) in [6, 6.07) is 17.7. The van der Waals surface area contributed by atoms with E-state index in [4.69, 9.17) is 27.6 Å². The second-order valence-electron chi connectivity index (χ2n) is 7.33. The van der Waals surface area contributed by atoms with Crippen molar-refractivity contribution in [2.45, 2.75) is 12.6 Å². The molecule has 0 aliphatic carbocycles. The van der Waals surface area contributed by atoms with Gasteiger partial charge in [-0.15, -0.1) is 0 Å². The maximum absolute atomic E-state index is 13.5. The van der Waals surface area contributed by atoms with E-state index in [2.05, 4.69) is 0 Å². The van der Waals surface area contributed by atoms with Crippen molar-refractivity contribution in [2.24, 2.45) is 0 Å². The number of halogens is 2. The first-order valence-electron chi connectivity index (χ1n) is 9.53. The van der Waals surface area contributed by atoms with Crippen LogP contribution in [0.1, 0.15) is 33.3 Å². The number of amides is 1. The number of rotatable bonds is 3. The summed E-state index contributed by atoms with van der Waals surface area (Å²) >= 11 is 12.4.